The second kappa shape index (κ2) is 9.81. The number of allylic oxidation sites excluding steroid dienone is 14. The summed E-state index contributed by atoms with van der Waals surface area (Å²) in [5.74, 6) is 0. The first-order valence-electron chi connectivity index (χ1n) is 14.6. The van der Waals surface area contributed by atoms with Gasteiger partial charge >= 0.3 is 0 Å². The molecule has 0 N–H and O–H groups in total. The quantitative estimate of drug-likeness (QED) is 0.334. The first kappa shape index (κ1) is 25.2. The summed E-state index contributed by atoms with van der Waals surface area (Å²) in [6, 6.07) is 15.4. The van der Waals surface area contributed by atoms with Crippen LogP contribution in [0.4, 0.5) is 0 Å². The number of nitrogens with zero attached hydrogens (tertiary/aromatic N) is 4. The van der Waals surface area contributed by atoms with Gasteiger partial charge in [0, 0.05) is 11.0 Å². The topological polar surface area (TPSA) is 49.4 Å². The Labute approximate surface area is 251 Å². The molecule has 2 aromatic carbocycles. The van der Waals surface area contributed by atoms with Gasteiger partial charge in [0.1, 0.15) is 0 Å². The second-order valence-corrected chi connectivity index (χ2v) is 11.3. The van der Waals surface area contributed by atoms with E-state index in [1.807, 2.05) is 66.8 Å². The Bertz CT molecular complexity index is 2030. The number of hydrogen-bond acceptors (Lipinski definition) is 4. The van der Waals surface area contributed by atoms with E-state index in [0.29, 0.717) is 0 Å². The fourth-order valence-electron chi connectivity index (χ4n) is 6.90. The van der Waals surface area contributed by atoms with E-state index in [9.17, 15) is 0 Å². The number of aliphatic imine (C=N–C) groups is 4. The smallest absolute Gasteiger partial charge is 0.0737 e. The molecule has 0 unspecified atom stereocenters. The van der Waals surface area contributed by atoms with Crippen molar-refractivity contribution in [3.63, 3.8) is 0 Å². The normalized spacial score (nSPS) is 19.8. The zero-order valence-electron chi connectivity index (χ0n) is 23.7. The van der Waals surface area contributed by atoms with E-state index in [1.165, 1.54) is 27.8 Å². The van der Waals surface area contributed by atoms with Gasteiger partial charge in [-0.25, -0.2) is 20.0 Å². The zero-order valence-corrected chi connectivity index (χ0v) is 23.7. The van der Waals surface area contributed by atoms with Crippen LogP contribution in [0.15, 0.2) is 177 Å². The van der Waals surface area contributed by atoms with Gasteiger partial charge < -0.3 is 0 Å². The van der Waals surface area contributed by atoms with Crippen molar-refractivity contribution < 1.29 is 0 Å². The van der Waals surface area contributed by atoms with Crippen LogP contribution < -0.4 is 0 Å². The van der Waals surface area contributed by atoms with Crippen molar-refractivity contribution in [3.8, 4) is 11.1 Å². The molecule has 4 nitrogen and oxygen atoms in total. The molecule has 0 radical (unpaired) electrons. The molecular formula is C39H28N4. The van der Waals surface area contributed by atoms with E-state index in [0.717, 1.165) is 64.0 Å². The van der Waals surface area contributed by atoms with Crippen LogP contribution in [-0.4, -0.2) is 22.8 Å². The molecule has 43 heavy (non-hydrogen) atoms. The molecule has 8 bridgehead atoms. The van der Waals surface area contributed by atoms with Crippen LogP contribution in [-0.2, 0) is 5.41 Å². The minimum Gasteiger partial charge on any atom is -0.249 e. The van der Waals surface area contributed by atoms with Crippen LogP contribution >= 0.6 is 0 Å². The van der Waals surface area contributed by atoms with Gasteiger partial charge in [-0.05, 0) is 107 Å². The van der Waals surface area contributed by atoms with E-state index in [1.54, 1.807) is 0 Å². The van der Waals surface area contributed by atoms with Crippen LogP contribution in [0.2, 0.25) is 0 Å². The van der Waals surface area contributed by atoms with Crippen LogP contribution in [0.5, 0.6) is 0 Å². The van der Waals surface area contributed by atoms with Crippen molar-refractivity contribution in [2.45, 2.75) is 18.3 Å². The first-order valence-corrected chi connectivity index (χ1v) is 14.6. The first-order chi connectivity index (χ1) is 21.1. The van der Waals surface area contributed by atoms with Gasteiger partial charge in [-0.3, -0.25) is 0 Å². The third-order valence-electron chi connectivity index (χ3n) is 8.59. The summed E-state index contributed by atoms with van der Waals surface area (Å²) in [5.41, 5.74) is 14.1. The van der Waals surface area contributed by atoms with Crippen molar-refractivity contribution in [1.82, 2.24) is 0 Å². The zero-order chi connectivity index (χ0) is 29.0. The van der Waals surface area contributed by atoms with Crippen molar-refractivity contribution in [2.24, 2.45) is 20.0 Å². The highest BCUT2D eigenvalue weighted by atomic mass is 14.8. The predicted octanol–water partition coefficient (Wildman–Crippen LogP) is 8.52. The largest absolute Gasteiger partial charge is 0.249 e. The Morgan fingerprint density at radius 3 is 1.74 bits per heavy atom. The summed E-state index contributed by atoms with van der Waals surface area (Å²) < 4.78 is 0. The molecule has 5 heterocycles. The molecule has 0 aromatic heterocycles. The van der Waals surface area contributed by atoms with Crippen LogP contribution in [0.1, 0.15) is 29.5 Å². The van der Waals surface area contributed by atoms with Crippen LogP contribution in [0.25, 0.3) is 16.7 Å². The Kier molecular flexibility index (Phi) is 5.76. The molecule has 5 aliphatic heterocycles. The highest BCUT2D eigenvalue weighted by Crippen LogP contribution is 2.55. The maximum absolute atomic E-state index is 5.14. The molecule has 0 amide bonds. The number of fused-ring (bicyclic) bond motifs is 7. The molecule has 0 fully saturated rings. The van der Waals surface area contributed by atoms with Gasteiger partial charge in [0.2, 0.25) is 0 Å². The average molecular weight is 553 g/mol. The average Bonchev–Trinajstić information content (AvgIpc) is 3.84. The lowest BCUT2D eigenvalue weighted by atomic mass is 9.70. The number of benzene rings is 2. The summed E-state index contributed by atoms with van der Waals surface area (Å²) in [5, 5.41) is 0. The Balaban J connectivity index is 1.34. The lowest BCUT2D eigenvalue weighted by Gasteiger charge is -2.32. The van der Waals surface area contributed by atoms with Crippen molar-refractivity contribution >= 4 is 28.4 Å². The molecule has 2 aromatic rings. The second-order valence-electron chi connectivity index (χ2n) is 11.3. The molecule has 1 aliphatic carbocycles. The Morgan fingerprint density at radius 1 is 0.535 bits per heavy atom. The molecule has 204 valence electrons. The molecule has 0 saturated carbocycles. The van der Waals surface area contributed by atoms with Crippen LogP contribution in [0, 0.1) is 0 Å². The van der Waals surface area contributed by atoms with E-state index in [4.69, 9.17) is 20.0 Å². The van der Waals surface area contributed by atoms with E-state index in [2.05, 4.69) is 67.8 Å². The summed E-state index contributed by atoms with van der Waals surface area (Å²) in [4.78, 5) is 19.6. The number of rotatable bonds is 5. The van der Waals surface area contributed by atoms with E-state index in [-0.39, 0.29) is 5.41 Å². The maximum atomic E-state index is 5.14. The van der Waals surface area contributed by atoms with Gasteiger partial charge in [0.25, 0.3) is 0 Å². The molecule has 4 heteroatoms. The van der Waals surface area contributed by atoms with Crippen molar-refractivity contribution in [1.29, 1.82) is 0 Å². The van der Waals surface area contributed by atoms with Crippen LogP contribution in [0.3, 0.4) is 0 Å². The molecule has 0 saturated heterocycles. The summed E-state index contributed by atoms with van der Waals surface area (Å²) in [6.45, 7) is 8.35. The predicted molar refractivity (Wildman–Crippen MR) is 180 cm³/mol. The molecule has 0 atom stereocenters. The van der Waals surface area contributed by atoms with E-state index >= 15 is 0 Å². The monoisotopic (exact) mass is 552 g/mol. The van der Waals surface area contributed by atoms with E-state index < -0.39 is 0 Å². The molecular weight excluding hydrogens is 524 g/mol. The third kappa shape index (κ3) is 4.14. The molecule has 6 aliphatic rings. The summed E-state index contributed by atoms with van der Waals surface area (Å²) >= 11 is 0. The lowest BCUT2D eigenvalue weighted by Crippen LogP contribution is -2.25. The minimum atomic E-state index is -0.260. The van der Waals surface area contributed by atoms with Gasteiger partial charge in [-0.1, -0.05) is 54.6 Å². The Hall–Kier alpha value is -5.48. The Morgan fingerprint density at radius 2 is 1.09 bits per heavy atom. The fourth-order valence-corrected chi connectivity index (χ4v) is 6.90. The molecule has 8 rings (SSSR count). The standard InChI is InChI=1S/C39H28N4/c1-3-18-39(19-4-2)36-11-6-5-8-32(36)33-9-7-10-34(38(33)39)35-23-31-22-29-15-14-27(41-29)20-25-12-13-26(40-25)21-28-16-17-30(42-28)24-37(35)43-31/h3-17,20-24H,1-2,18-19H2. The highest BCUT2D eigenvalue weighted by Gasteiger charge is 2.43. The van der Waals surface area contributed by atoms with Gasteiger partial charge in [-0.2, -0.15) is 0 Å². The number of hydrogen-bond donors (Lipinski definition) is 0. The summed E-state index contributed by atoms with van der Waals surface area (Å²) in [6.07, 6.45) is 28.1. The highest BCUT2D eigenvalue weighted by molar-refractivity contribution is 6.33. The maximum Gasteiger partial charge on any atom is 0.0737 e. The molecule has 0 spiro atoms. The van der Waals surface area contributed by atoms with Gasteiger partial charge in [0.05, 0.1) is 45.6 Å². The van der Waals surface area contributed by atoms with Gasteiger partial charge in [-0.15, -0.1) is 13.2 Å². The van der Waals surface area contributed by atoms with Gasteiger partial charge in [0.15, 0.2) is 0 Å². The summed E-state index contributed by atoms with van der Waals surface area (Å²) in [7, 11) is 0. The van der Waals surface area contributed by atoms with Crippen molar-refractivity contribution in [2.75, 3.05) is 0 Å². The SMILES string of the molecule is C=CCC1(CC=C)c2ccccc2-c2cccc(C3=CC4=CC5=NC(=CC6=NC(=CC7=NC(=CC3=N4)C=C7)C=C6)C=C5)c21. The fraction of sp³-hybridized carbons (Fsp3) is 0.0769. The third-order valence-corrected chi connectivity index (χ3v) is 8.59. The minimum absolute atomic E-state index is 0.260. The lowest BCUT2D eigenvalue weighted by molar-refractivity contribution is 0.542. The van der Waals surface area contributed by atoms with Crippen molar-refractivity contribution in [3.05, 3.63) is 174 Å².